The summed E-state index contributed by atoms with van der Waals surface area (Å²) in [4.78, 5) is 13.6. The highest BCUT2D eigenvalue weighted by Gasteiger charge is 2.22. The van der Waals surface area contributed by atoms with Crippen molar-refractivity contribution in [3.8, 4) is 0 Å². The lowest BCUT2D eigenvalue weighted by molar-refractivity contribution is -0.131. The average Bonchev–Trinajstić information content (AvgIpc) is 2.65. The number of hydrogen-bond donors (Lipinski definition) is 1. The van der Waals surface area contributed by atoms with Gasteiger partial charge in [-0.1, -0.05) is 26.7 Å². The van der Waals surface area contributed by atoms with Gasteiger partial charge in [-0.25, -0.2) is 0 Å². The molecule has 0 saturated heterocycles. The molecule has 0 atom stereocenters. The molecule has 1 N–H and O–H groups in total. The summed E-state index contributed by atoms with van der Waals surface area (Å²) in [6.45, 7) is 4.59. The van der Waals surface area contributed by atoms with Gasteiger partial charge in [0, 0.05) is 19.1 Å². The van der Waals surface area contributed by atoms with Gasteiger partial charge >= 0.3 is 0 Å². The second-order valence-electron chi connectivity index (χ2n) is 4.48. The summed E-state index contributed by atoms with van der Waals surface area (Å²) in [5.41, 5.74) is 0. The van der Waals surface area contributed by atoms with Crippen molar-refractivity contribution in [2.75, 3.05) is 13.6 Å². The van der Waals surface area contributed by atoms with Crippen LogP contribution in [-0.2, 0) is 4.79 Å². The van der Waals surface area contributed by atoms with Crippen LogP contribution in [0.15, 0.2) is 0 Å². The van der Waals surface area contributed by atoms with Gasteiger partial charge in [0.25, 0.3) is 0 Å². The first-order chi connectivity index (χ1) is 6.61. The number of likely N-dealkylation sites (N-methyl/N-ethyl adjacent to an activating group) is 1. The maximum Gasteiger partial charge on any atom is 0.236 e. The highest BCUT2D eigenvalue weighted by molar-refractivity contribution is 5.78. The summed E-state index contributed by atoms with van der Waals surface area (Å²) in [6.07, 6.45) is 4.92. The number of nitrogens with zero attached hydrogens (tertiary/aromatic N) is 1. The first-order valence-electron chi connectivity index (χ1n) is 5.60. The molecular formula is C11H22N2O. The van der Waals surface area contributed by atoms with Gasteiger partial charge in [-0.05, 0) is 12.8 Å². The largest absolute Gasteiger partial charge is 0.342 e. The molecule has 3 heteroatoms. The van der Waals surface area contributed by atoms with Gasteiger partial charge < -0.3 is 10.2 Å². The zero-order valence-corrected chi connectivity index (χ0v) is 9.55. The van der Waals surface area contributed by atoms with Crippen LogP contribution in [0.4, 0.5) is 0 Å². The molecule has 82 valence electrons. The van der Waals surface area contributed by atoms with E-state index in [1.807, 2.05) is 11.9 Å². The predicted molar refractivity (Wildman–Crippen MR) is 58.2 cm³/mol. The topological polar surface area (TPSA) is 32.3 Å². The molecule has 0 aromatic rings. The molecule has 0 heterocycles. The number of amides is 1. The van der Waals surface area contributed by atoms with E-state index in [-0.39, 0.29) is 5.91 Å². The lowest BCUT2D eigenvalue weighted by atomic mass is 10.2. The molecule has 1 aliphatic carbocycles. The summed E-state index contributed by atoms with van der Waals surface area (Å²) in [7, 11) is 1.93. The molecule has 0 bridgehead atoms. The third-order valence-corrected chi connectivity index (χ3v) is 2.93. The predicted octanol–water partition coefficient (Wildman–Crippen LogP) is 1.39. The Bertz CT molecular complexity index is 186. The maximum absolute atomic E-state index is 11.7. The van der Waals surface area contributed by atoms with Crippen molar-refractivity contribution in [2.24, 2.45) is 0 Å². The Labute approximate surface area is 86.9 Å². The van der Waals surface area contributed by atoms with E-state index in [0.717, 1.165) is 0 Å². The number of rotatable bonds is 4. The first-order valence-corrected chi connectivity index (χ1v) is 5.60. The van der Waals surface area contributed by atoms with Crippen LogP contribution in [0, 0.1) is 0 Å². The molecule has 0 radical (unpaired) electrons. The minimum absolute atomic E-state index is 0.227. The average molecular weight is 198 g/mol. The van der Waals surface area contributed by atoms with Crippen molar-refractivity contribution in [2.45, 2.75) is 51.6 Å². The van der Waals surface area contributed by atoms with E-state index in [4.69, 9.17) is 0 Å². The fourth-order valence-electron chi connectivity index (χ4n) is 1.91. The summed E-state index contributed by atoms with van der Waals surface area (Å²) in [5, 5.41) is 3.16. The standard InChI is InChI=1S/C11H22N2O/c1-9(2)12-8-11(14)13(3)10-6-4-5-7-10/h9-10,12H,4-8H2,1-3H3. The van der Waals surface area contributed by atoms with Gasteiger partial charge in [-0.15, -0.1) is 0 Å². The number of carbonyl (C=O) groups excluding carboxylic acids is 1. The first kappa shape index (κ1) is 11.5. The second kappa shape index (κ2) is 5.35. The normalized spacial score (nSPS) is 17.7. The van der Waals surface area contributed by atoms with E-state index in [0.29, 0.717) is 18.6 Å². The summed E-state index contributed by atoms with van der Waals surface area (Å²) in [5.74, 6) is 0.227. The summed E-state index contributed by atoms with van der Waals surface area (Å²) >= 11 is 0. The molecule has 0 spiro atoms. The van der Waals surface area contributed by atoms with Crippen molar-refractivity contribution in [1.82, 2.24) is 10.2 Å². The molecule has 3 nitrogen and oxygen atoms in total. The third kappa shape index (κ3) is 3.29. The van der Waals surface area contributed by atoms with Crippen molar-refractivity contribution in [1.29, 1.82) is 0 Å². The van der Waals surface area contributed by atoms with Crippen molar-refractivity contribution in [3.05, 3.63) is 0 Å². The number of carbonyl (C=O) groups is 1. The highest BCUT2D eigenvalue weighted by atomic mass is 16.2. The lowest BCUT2D eigenvalue weighted by Gasteiger charge is -2.24. The monoisotopic (exact) mass is 198 g/mol. The quantitative estimate of drug-likeness (QED) is 0.740. The molecule has 0 aromatic carbocycles. The molecule has 1 aliphatic rings. The van der Waals surface area contributed by atoms with Crippen LogP contribution < -0.4 is 5.32 Å². The molecule has 0 aliphatic heterocycles. The van der Waals surface area contributed by atoms with Gasteiger partial charge in [0.05, 0.1) is 6.54 Å². The van der Waals surface area contributed by atoms with Gasteiger partial charge in [-0.2, -0.15) is 0 Å². The smallest absolute Gasteiger partial charge is 0.236 e. The van der Waals surface area contributed by atoms with E-state index in [1.165, 1.54) is 25.7 Å². The molecule has 14 heavy (non-hydrogen) atoms. The van der Waals surface area contributed by atoms with Crippen molar-refractivity contribution >= 4 is 5.91 Å². The number of nitrogens with one attached hydrogen (secondary N) is 1. The Hall–Kier alpha value is -0.570. The van der Waals surface area contributed by atoms with Crippen LogP contribution in [0.2, 0.25) is 0 Å². The summed E-state index contributed by atoms with van der Waals surface area (Å²) < 4.78 is 0. The molecule has 1 amide bonds. The Morgan fingerprint density at radius 1 is 1.43 bits per heavy atom. The maximum atomic E-state index is 11.7. The zero-order chi connectivity index (χ0) is 10.6. The van der Waals surface area contributed by atoms with Crippen LogP contribution in [0.3, 0.4) is 0 Å². The van der Waals surface area contributed by atoms with Crippen LogP contribution in [0.1, 0.15) is 39.5 Å². The molecule has 0 unspecified atom stereocenters. The van der Waals surface area contributed by atoms with Gasteiger partial charge in [-0.3, -0.25) is 4.79 Å². The minimum atomic E-state index is 0.227. The highest BCUT2D eigenvalue weighted by Crippen LogP contribution is 2.22. The number of hydrogen-bond acceptors (Lipinski definition) is 2. The summed E-state index contributed by atoms with van der Waals surface area (Å²) in [6, 6.07) is 0.882. The lowest BCUT2D eigenvalue weighted by Crippen LogP contribution is -2.42. The van der Waals surface area contributed by atoms with Gasteiger partial charge in [0.15, 0.2) is 0 Å². The van der Waals surface area contributed by atoms with Crippen molar-refractivity contribution in [3.63, 3.8) is 0 Å². The fourth-order valence-corrected chi connectivity index (χ4v) is 1.91. The van der Waals surface area contributed by atoms with Crippen LogP contribution >= 0.6 is 0 Å². The van der Waals surface area contributed by atoms with Crippen molar-refractivity contribution < 1.29 is 4.79 Å². The van der Waals surface area contributed by atoms with E-state index in [9.17, 15) is 4.79 Å². The van der Waals surface area contributed by atoms with E-state index in [2.05, 4.69) is 19.2 Å². The molecule has 0 aromatic heterocycles. The fraction of sp³-hybridized carbons (Fsp3) is 0.909. The zero-order valence-electron chi connectivity index (χ0n) is 9.55. The van der Waals surface area contributed by atoms with Gasteiger partial charge in [0.1, 0.15) is 0 Å². The van der Waals surface area contributed by atoms with E-state index in [1.54, 1.807) is 0 Å². The third-order valence-electron chi connectivity index (χ3n) is 2.93. The second-order valence-corrected chi connectivity index (χ2v) is 4.48. The van der Waals surface area contributed by atoms with Crippen LogP contribution in [0.25, 0.3) is 0 Å². The van der Waals surface area contributed by atoms with Crippen LogP contribution in [0.5, 0.6) is 0 Å². The SMILES string of the molecule is CC(C)NCC(=O)N(C)C1CCCC1. The Kier molecular flexibility index (Phi) is 4.39. The van der Waals surface area contributed by atoms with E-state index < -0.39 is 0 Å². The Morgan fingerprint density at radius 2 is 2.00 bits per heavy atom. The Morgan fingerprint density at radius 3 is 2.50 bits per heavy atom. The molecule has 1 fully saturated rings. The van der Waals surface area contributed by atoms with Crippen LogP contribution in [-0.4, -0.2) is 36.5 Å². The molecular weight excluding hydrogens is 176 g/mol. The molecule has 1 saturated carbocycles. The van der Waals surface area contributed by atoms with E-state index >= 15 is 0 Å². The molecule has 1 rings (SSSR count). The Balaban J connectivity index is 2.28. The van der Waals surface area contributed by atoms with Gasteiger partial charge in [0.2, 0.25) is 5.91 Å². The minimum Gasteiger partial charge on any atom is -0.342 e.